The van der Waals surface area contributed by atoms with Crippen molar-refractivity contribution in [1.82, 2.24) is 10.2 Å². The molecular formula is C22H24N2O2. The van der Waals surface area contributed by atoms with Crippen molar-refractivity contribution in [2.24, 2.45) is 0 Å². The monoisotopic (exact) mass is 348 g/mol. The maximum atomic E-state index is 12.7. The van der Waals surface area contributed by atoms with Crippen LogP contribution in [0.2, 0.25) is 0 Å². The molecule has 2 aromatic rings. The van der Waals surface area contributed by atoms with Gasteiger partial charge in [0, 0.05) is 26.1 Å². The Morgan fingerprint density at radius 3 is 2.62 bits per heavy atom. The number of nitrogens with one attached hydrogen (secondary N) is 1. The highest BCUT2D eigenvalue weighted by molar-refractivity contribution is 5.85. The summed E-state index contributed by atoms with van der Waals surface area (Å²) < 4.78 is 0. The van der Waals surface area contributed by atoms with Gasteiger partial charge in [0.25, 0.3) is 0 Å². The summed E-state index contributed by atoms with van der Waals surface area (Å²) in [6.45, 7) is 1.98. The van der Waals surface area contributed by atoms with Gasteiger partial charge in [0.15, 0.2) is 0 Å². The van der Waals surface area contributed by atoms with Crippen molar-refractivity contribution in [3.8, 4) is 0 Å². The molecule has 4 nitrogen and oxygen atoms in total. The van der Waals surface area contributed by atoms with Gasteiger partial charge in [0.1, 0.15) is 0 Å². The number of fused-ring (bicyclic) bond motifs is 1. The zero-order valence-corrected chi connectivity index (χ0v) is 14.9. The fourth-order valence-electron chi connectivity index (χ4n) is 4.10. The molecule has 0 saturated carbocycles. The molecule has 0 bridgehead atoms. The Hall–Kier alpha value is -2.62. The molecule has 4 heteroatoms. The van der Waals surface area contributed by atoms with Gasteiger partial charge in [-0.2, -0.15) is 0 Å². The van der Waals surface area contributed by atoms with Gasteiger partial charge >= 0.3 is 0 Å². The van der Waals surface area contributed by atoms with Crippen molar-refractivity contribution < 1.29 is 9.59 Å². The zero-order valence-electron chi connectivity index (χ0n) is 14.9. The van der Waals surface area contributed by atoms with Crippen LogP contribution in [-0.2, 0) is 29.1 Å². The van der Waals surface area contributed by atoms with Crippen LogP contribution in [0.3, 0.4) is 0 Å². The number of carbonyl (C=O) groups is 2. The van der Waals surface area contributed by atoms with Crippen LogP contribution in [0.15, 0.2) is 48.5 Å². The largest absolute Gasteiger partial charge is 0.351 e. The lowest BCUT2D eigenvalue weighted by Gasteiger charge is -2.19. The fourth-order valence-corrected chi connectivity index (χ4v) is 4.10. The summed E-state index contributed by atoms with van der Waals surface area (Å²) in [7, 11) is 0. The minimum Gasteiger partial charge on any atom is -0.351 e. The molecule has 26 heavy (non-hydrogen) atoms. The van der Waals surface area contributed by atoms with E-state index < -0.39 is 0 Å². The first-order chi connectivity index (χ1) is 12.7. The molecule has 2 aromatic carbocycles. The van der Waals surface area contributed by atoms with E-state index in [-0.39, 0.29) is 17.7 Å². The molecule has 1 aliphatic carbocycles. The standard InChI is InChI=1S/C22H24N2O2/c25-21-10-5-13-24(21)15-18-8-2-1-7-17(18)14-23-22(26)20-12-11-16-6-3-4-9-19(16)20/h1-4,6-9,20H,5,10-15H2,(H,23,26)/t20-/m0/s1. The third-order valence-corrected chi connectivity index (χ3v) is 5.55. The molecule has 0 spiro atoms. The Kier molecular flexibility index (Phi) is 4.74. The fraction of sp³-hybridized carbons (Fsp3) is 0.364. The molecule has 1 heterocycles. The number of carbonyl (C=O) groups excluding carboxylic acids is 2. The van der Waals surface area contributed by atoms with Gasteiger partial charge in [-0.05, 0) is 41.5 Å². The van der Waals surface area contributed by atoms with E-state index in [0.29, 0.717) is 19.5 Å². The highest BCUT2D eigenvalue weighted by atomic mass is 16.2. The zero-order chi connectivity index (χ0) is 17.9. The predicted molar refractivity (Wildman–Crippen MR) is 100 cm³/mol. The molecular weight excluding hydrogens is 324 g/mol. The van der Waals surface area contributed by atoms with E-state index in [1.165, 1.54) is 11.1 Å². The lowest BCUT2D eigenvalue weighted by Crippen LogP contribution is -2.29. The van der Waals surface area contributed by atoms with E-state index in [2.05, 4.69) is 23.5 Å². The minimum absolute atomic E-state index is 0.0430. The lowest BCUT2D eigenvalue weighted by atomic mass is 10.00. The van der Waals surface area contributed by atoms with Gasteiger partial charge < -0.3 is 10.2 Å². The second kappa shape index (κ2) is 7.32. The molecule has 2 aliphatic rings. The summed E-state index contributed by atoms with van der Waals surface area (Å²) >= 11 is 0. The number of hydrogen-bond donors (Lipinski definition) is 1. The van der Waals surface area contributed by atoms with Crippen LogP contribution >= 0.6 is 0 Å². The molecule has 1 atom stereocenters. The second-order valence-corrected chi connectivity index (χ2v) is 7.20. The summed E-state index contributed by atoms with van der Waals surface area (Å²) in [4.78, 5) is 26.5. The molecule has 0 aromatic heterocycles. The normalized spacial score (nSPS) is 18.8. The Labute approximate surface area is 154 Å². The smallest absolute Gasteiger partial charge is 0.227 e. The molecule has 1 aliphatic heterocycles. The quantitative estimate of drug-likeness (QED) is 0.902. The van der Waals surface area contributed by atoms with Crippen molar-refractivity contribution in [2.75, 3.05) is 6.54 Å². The maximum Gasteiger partial charge on any atom is 0.227 e. The van der Waals surface area contributed by atoms with Crippen LogP contribution in [0.25, 0.3) is 0 Å². The van der Waals surface area contributed by atoms with Crippen LogP contribution in [-0.4, -0.2) is 23.3 Å². The maximum absolute atomic E-state index is 12.7. The molecule has 2 amide bonds. The number of hydrogen-bond acceptors (Lipinski definition) is 2. The van der Waals surface area contributed by atoms with Crippen LogP contribution in [0.4, 0.5) is 0 Å². The Bertz CT molecular complexity index is 830. The number of likely N-dealkylation sites (tertiary alicyclic amines) is 1. The summed E-state index contributed by atoms with van der Waals surface area (Å²) in [5.41, 5.74) is 4.67. The van der Waals surface area contributed by atoms with Crippen molar-refractivity contribution in [3.63, 3.8) is 0 Å². The summed E-state index contributed by atoms with van der Waals surface area (Å²) in [6, 6.07) is 16.3. The third kappa shape index (κ3) is 3.36. The van der Waals surface area contributed by atoms with Gasteiger partial charge in [-0.3, -0.25) is 9.59 Å². The predicted octanol–water partition coefficient (Wildman–Crippen LogP) is 3.16. The van der Waals surface area contributed by atoms with Crippen LogP contribution in [0, 0.1) is 0 Å². The molecule has 0 unspecified atom stereocenters. The number of benzene rings is 2. The summed E-state index contributed by atoms with van der Waals surface area (Å²) in [6.07, 6.45) is 3.45. The molecule has 134 valence electrons. The van der Waals surface area contributed by atoms with Gasteiger partial charge in [-0.25, -0.2) is 0 Å². The number of nitrogens with zero attached hydrogens (tertiary/aromatic N) is 1. The third-order valence-electron chi connectivity index (χ3n) is 5.55. The van der Waals surface area contributed by atoms with Crippen molar-refractivity contribution in [3.05, 3.63) is 70.8 Å². The first-order valence-corrected chi connectivity index (χ1v) is 9.42. The lowest BCUT2D eigenvalue weighted by molar-refractivity contribution is -0.128. The van der Waals surface area contributed by atoms with Gasteiger partial charge in [-0.15, -0.1) is 0 Å². The molecule has 4 rings (SSSR count). The topological polar surface area (TPSA) is 49.4 Å². The molecule has 0 radical (unpaired) electrons. The van der Waals surface area contributed by atoms with Gasteiger partial charge in [0.05, 0.1) is 5.92 Å². The Balaban J connectivity index is 1.42. The van der Waals surface area contributed by atoms with Crippen molar-refractivity contribution in [1.29, 1.82) is 0 Å². The van der Waals surface area contributed by atoms with E-state index in [1.807, 2.05) is 35.2 Å². The van der Waals surface area contributed by atoms with E-state index in [4.69, 9.17) is 0 Å². The van der Waals surface area contributed by atoms with Crippen molar-refractivity contribution in [2.45, 2.75) is 44.7 Å². The number of amides is 2. The summed E-state index contributed by atoms with van der Waals surface area (Å²) in [5, 5.41) is 3.12. The first-order valence-electron chi connectivity index (χ1n) is 9.42. The van der Waals surface area contributed by atoms with Gasteiger partial charge in [0.2, 0.25) is 11.8 Å². The van der Waals surface area contributed by atoms with Crippen LogP contribution < -0.4 is 5.32 Å². The molecule has 1 fully saturated rings. The number of aryl methyl sites for hydroxylation is 1. The van der Waals surface area contributed by atoms with E-state index in [0.717, 1.165) is 36.9 Å². The van der Waals surface area contributed by atoms with E-state index in [9.17, 15) is 9.59 Å². The summed E-state index contributed by atoms with van der Waals surface area (Å²) in [5.74, 6) is 0.284. The Morgan fingerprint density at radius 1 is 1.04 bits per heavy atom. The highest BCUT2D eigenvalue weighted by Gasteiger charge is 2.28. The van der Waals surface area contributed by atoms with E-state index >= 15 is 0 Å². The SMILES string of the molecule is O=C(NCc1ccccc1CN1CCCC1=O)[C@H]1CCc2ccccc21. The number of rotatable bonds is 5. The van der Waals surface area contributed by atoms with Gasteiger partial charge in [-0.1, -0.05) is 48.5 Å². The average Bonchev–Trinajstić information content (AvgIpc) is 3.27. The van der Waals surface area contributed by atoms with Crippen LogP contribution in [0.1, 0.15) is 47.4 Å². The van der Waals surface area contributed by atoms with Crippen molar-refractivity contribution >= 4 is 11.8 Å². The highest BCUT2D eigenvalue weighted by Crippen LogP contribution is 2.33. The van der Waals surface area contributed by atoms with E-state index in [1.54, 1.807) is 0 Å². The second-order valence-electron chi connectivity index (χ2n) is 7.20. The van der Waals surface area contributed by atoms with Crippen LogP contribution in [0.5, 0.6) is 0 Å². The molecule has 1 N–H and O–H groups in total. The minimum atomic E-state index is -0.0430. The average molecular weight is 348 g/mol. The molecule has 1 saturated heterocycles. The Morgan fingerprint density at radius 2 is 1.81 bits per heavy atom. The first kappa shape index (κ1) is 16.8.